The van der Waals surface area contributed by atoms with Gasteiger partial charge in [0.25, 0.3) is 0 Å². The molecule has 0 aliphatic carbocycles. The smallest absolute Gasteiger partial charge is 0.237 e. The van der Waals surface area contributed by atoms with Crippen molar-refractivity contribution in [3.05, 3.63) is 12.2 Å². The Labute approximate surface area is 87.9 Å². The fraction of sp³-hybridized carbons (Fsp3) is 0.556. The molecule has 1 amide bonds. The maximum atomic E-state index is 11.4. The quantitative estimate of drug-likeness (QED) is 0.764. The molecule has 0 radical (unpaired) electrons. The Balaban J connectivity index is 2.65. The van der Waals surface area contributed by atoms with Crippen molar-refractivity contribution < 1.29 is 4.79 Å². The van der Waals surface area contributed by atoms with Crippen molar-refractivity contribution in [3.8, 4) is 6.07 Å². The van der Waals surface area contributed by atoms with Gasteiger partial charge in [-0.15, -0.1) is 10.2 Å². The van der Waals surface area contributed by atoms with Gasteiger partial charge < -0.3 is 9.88 Å². The molecule has 2 atom stereocenters. The van der Waals surface area contributed by atoms with E-state index in [2.05, 4.69) is 15.5 Å². The van der Waals surface area contributed by atoms with Crippen LogP contribution in [0.1, 0.15) is 25.7 Å². The molecule has 1 N–H and O–H groups in total. The predicted octanol–water partition coefficient (Wildman–Crippen LogP) is 0.152. The number of amides is 1. The molecule has 1 aromatic heterocycles. The fourth-order valence-corrected chi connectivity index (χ4v) is 1.15. The lowest BCUT2D eigenvalue weighted by Crippen LogP contribution is -2.32. The number of hydrogen-bond acceptors (Lipinski definition) is 4. The number of aryl methyl sites for hydroxylation is 1. The van der Waals surface area contributed by atoms with Crippen LogP contribution in [0, 0.1) is 17.2 Å². The minimum absolute atomic E-state index is 0.249. The van der Waals surface area contributed by atoms with Crippen LogP contribution in [0.15, 0.2) is 6.33 Å². The fourth-order valence-electron chi connectivity index (χ4n) is 1.15. The highest BCUT2D eigenvalue weighted by Gasteiger charge is 2.17. The third-order valence-corrected chi connectivity index (χ3v) is 2.08. The molecule has 0 saturated heterocycles. The van der Waals surface area contributed by atoms with E-state index >= 15 is 0 Å². The van der Waals surface area contributed by atoms with Gasteiger partial charge in [-0.1, -0.05) is 0 Å². The second kappa shape index (κ2) is 4.55. The lowest BCUT2D eigenvalue weighted by atomic mass is 10.2. The van der Waals surface area contributed by atoms with Crippen molar-refractivity contribution >= 4 is 5.91 Å². The van der Waals surface area contributed by atoms with Crippen molar-refractivity contribution in [1.82, 2.24) is 20.1 Å². The minimum Gasteiger partial charge on any atom is -0.345 e. The number of rotatable bonds is 3. The molecular formula is C9H13N5O. The topological polar surface area (TPSA) is 83.6 Å². The van der Waals surface area contributed by atoms with Crippen molar-refractivity contribution in [1.29, 1.82) is 5.26 Å². The van der Waals surface area contributed by atoms with Gasteiger partial charge in [-0.3, -0.25) is 4.79 Å². The van der Waals surface area contributed by atoms with Crippen LogP contribution in [0.5, 0.6) is 0 Å². The monoisotopic (exact) mass is 207 g/mol. The Morgan fingerprint density at radius 1 is 1.67 bits per heavy atom. The number of nitrogens with zero attached hydrogens (tertiary/aromatic N) is 4. The zero-order valence-electron chi connectivity index (χ0n) is 8.93. The number of carbonyl (C=O) groups is 1. The molecule has 1 aromatic rings. The van der Waals surface area contributed by atoms with E-state index < -0.39 is 5.92 Å². The zero-order valence-corrected chi connectivity index (χ0v) is 8.93. The average molecular weight is 207 g/mol. The third kappa shape index (κ3) is 2.53. The molecule has 15 heavy (non-hydrogen) atoms. The van der Waals surface area contributed by atoms with E-state index in [0.717, 1.165) is 0 Å². The summed E-state index contributed by atoms with van der Waals surface area (Å²) in [6.07, 6.45) is 1.56. The van der Waals surface area contributed by atoms with Gasteiger partial charge in [-0.2, -0.15) is 5.26 Å². The molecule has 1 heterocycles. The van der Waals surface area contributed by atoms with E-state index in [4.69, 9.17) is 5.26 Å². The van der Waals surface area contributed by atoms with Gasteiger partial charge >= 0.3 is 0 Å². The van der Waals surface area contributed by atoms with E-state index in [-0.39, 0.29) is 11.9 Å². The minimum atomic E-state index is -0.652. The summed E-state index contributed by atoms with van der Waals surface area (Å²) >= 11 is 0. The summed E-state index contributed by atoms with van der Waals surface area (Å²) in [5, 5.41) is 18.8. The first-order chi connectivity index (χ1) is 7.06. The Hall–Kier alpha value is -1.90. The highest BCUT2D eigenvalue weighted by atomic mass is 16.1. The second-order valence-electron chi connectivity index (χ2n) is 3.38. The predicted molar refractivity (Wildman–Crippen MR) is 52.3 cm³/mol. The Kier molecular flexibility index (Phi) is 3.39. The van der Waals surface area contributed by atoms with Crippen molar-refractivity contribution in [2.45, 2.75) is 19.9 Å². The van der Waals surface area contributed by atoms with Gasteiger partial charge in [0.2, 0.25) is 5.91 Å². The molecule has 1 rings (SSSR count). The van der Waals surface area contributed by atoms with Gasteiger partial charge in [0.05, 0.1) is 12.1 Å². The van der Waals surface area contributed by atoms with Crippen LogP contribution >= 0.6 is 0 Å². The molecule has 6 heteroatoms. The van der Waals surface area contributed by atoms with Crippen LogP contribution in [0.25, 0.3) is 0 Å². The third-order valence-electron chi connectivity index (χ3n) is 2.08. The molecular weight excluding hydrogens is 194 g/mol. The Morgan fingerprint density at radius 2 is 2.33 bits per heavy atom. The van der Waals surface area contributed by atoms with E-state index in [1.54, 1.807) is 31.8 Å². The molecule has 80 valence electrons. The van der Waals surface area contributed by atoms with Crippen LogP contribution in [-0.2, 0) is 11.8 Å². The largest absolute Gasteiger partial charge is 0.345 e. The number of hydrogen-bond donors (Lipinski definition) is 1. The first kappa shape index (κ1) is 11.2. The van der Waals surface area contributed by atoms with Crippen LogP contribution in [0.3, 0.4) is 0 Å². The van der Waals surface area contributed by atoms with Crippen molar-refractivity contribution in [2.75, 3.05) is 0 Å². The Bertz CT molecular complexity index is 391. The summed E-state index contributed by atoms with van der Waals surface area (Å²) in [6.45, 7) is 3.35. The van der Waals surface area contributed by atoms with Crippen LogP contribution in [0.4, 0.5) is 0 Å². The molecule has 0 saturated carbocycles. The average Bonchev–Trinajstić information content (AvgIpc) is 2.63. The summed E-state index contributed by atoms with van der Waals surface area (Å²) in [4.78, 5) is 11.4. The number of nitriles is 1. The van der Waals surface area contributed by atoms with E-state index in [9.17, 15) is 4.79 Å². The van der Waals surface area contributed by atoms with Gasteiger partial charge in [0.15, 0.2) is 5.82 Å². The summed E-state index contributed by atoms with van der Waals surface area (Å²) < 4.78 is 1.72. The summed E-state index contributed by atoms with van der Waals surface area (Å²) in [5.41, 5.74) is 0. The molecule has 6 nitrogen and oxygen atoms in total. The van der Waals surface area contributed by atoms with E-state index in [1.807, 2.05) is 6.07 Å². The Morgan fingerprint density at radius 3 is 2.80 bits per heavy atom. The summed E-state index contributed by atoms with van der Waals surface area (Å²) in [7, 11) is 1.80. The molecule has 0 aliphatic heterocycles. The second-order valence-corrected chi connectivity index (χ2v) is 3.38. The van der Waals surface area contributed by atoms with Crippen LogP contribution in [0.2, 0.25) is 0 Å². The summed E-state index contributed by atoms with van der Waals surface area (Å²) in [6, 6.07) is 1.63. The normalized spacial score (nSPS) is 14.0. The molecule has 0 spiro atoms. The molecule has 0 bridgehead atoms. The highest BCUT2D eigenvalue weighted by molar-refractivity contribution is 5.80. The maximum Gasteiger partial charge on any atom is 0.237 e. The number of aromatic nitrogens is 3. The van der Waals surface area contributed by atoms with E-state index in [0.29, 0.717) is 5.82 Å². The van der Waals surface area contributed by atoms with Crippen LogP contribution in [-0.4, -0.2) is 20.7 Å². The standard InChI is InChI=1S/C9H13N5O/c1-6(4-10)9(15)12-7(2)8-13-11-5-14(8)3/h5-7H,1-3H3,(H,12,15). The van der Waals surface area contributed by atoms with Crippen LogP contribution < -0.4 is 5.32 Å². The van der Waals surface area contributed by atoms with E-state index in [1.165, 1.54) is 0 Å². The number of nitrogens with one attached hydrogen (secondary N) is 1. The lowest BCUT2D eigenvalue weighted by Gasteiger charge is -2.13. The first-order valence-corrected chi connectivity index (χ1v) is 4.60. The van der Waals surface area contributed by atoms with Crippen molar-refractivity contribution in [3.63, 3.8) is 0 Å². The SMILES string of the molecule is CC(C#N)C(=O)NC(C)c1nncn1C. The molecule has 2 unspecified atom stereocenters. The maximum absolute atomic E-state index is 11.4. The van der Waals surface area contributed by atoms with Gasteiger partial charge in [-0.25, -0.2) is 0 Å². The molecule has 0 aliphatic rings. The molecule has 0 fully saturated rings. The summed E-state index contributed by atoms with van der Waals surface area (Å²) in [5.74, 6) is -0.290. The van der Waals surface area contributed by atoms with Gasteiger partial charge in [0, 0.05) is 7.05 Å². The zero-order chi connectivity index (χ0) is 11.4. The van der Waals surface area contributed by atoms with Gasteiger partial charge in [0.1, 0.15) is 12.2 Å². The molecule has 0 aromatic carbocycles. The first-order valence-electron chi connectivity index (χ1n) is 4.60. The van der Waals surface area contributed by atoms with Crippen molar-refractivity contribution in [2.24, 2.45) is 13.0 Å². The lowest BCUT2D eigenvalue weighted by molar-refractivity contribution is -0.123. The number of carbonyl (C=O) groups excluding carboxylic acids is 1. The highest BCUT2D eigenvalue weighted by Crippen LogP contribution is 2.08. The van der Waals surface area contributed by atoms with Gasteiger partial charge in [-0.05, 0) is 13.8 Å².